The minimum atomic E-state index is -0.131. The smallest absolute Gasteiger partial charge is 0.143 e. The number of fused-ring (bicyclic) bond motifs is 10. The molecule has 10 aromatic carbocycles. The Bertz CT molecular complexity index is 3740. The minimum absolute atomic E-state index is 0.131. The highest BCUT2D eigenvalue weighted by Crippen LogP contribution is 2.51. The quantitative estimate of drug-likeness (QED) is 0.167. The minimum Gasteiger partial charge on any atom is -0.455 e. The molecule has 0 spiro atoms. The molecule has 2 aromatic heterocycles. The van der Waals surface area contributed by atoms with Crippen molar-refractivity contribution >= 4 is 71.6 Å². The van der Waals surface area contributed by atoms with Gasteiger partial charge in [-0.3, -0.25) is 0 Å². The van der Waals surface area contributed by atoms with Gasteiger partial charge in [0.15, 0.2) is 0 Å². The van der Waals surface area contributed by atoms with Gasteiger partial charge in [-0.2, -0.15) is 0 Å². The summed E-state index contributed by atoms with van der Waals surface area (Å²) in [6.07, 6.45) is 0. The van der Waals surface area contributed by atoms with Crippen molar-refractivity contribution in [3.63, 3.8) is 0 Å². The van der Waals surface area contributed by atoms with Gasteiger partial charge in [-0.05, 0) is 116 Å². The first-order chi connectivity index (χ1) is 31.5. The molecule has 2 heterocycles. The predicted molar refractivity (Wildman–Crippen MR) is 269 cm³/mol. The van der Waals surface area contributed by atoms with Crippen molar-refractivity contribution in [3.05, 3.63) is 230 Å². The molecule has 1 aliphatic rings. The van der Waals surface area contributed by atoms with Crippen molar-refractivity contribution in [2.45, 2.75) is 19.3 Å². The molecule has 0 atom stereocenters. The molecular weight excluding hydrogens is 777 g/mol. The highest BCUT2D eigenvalue weighted by atomic mass is 16.3. The summed E-state index contributed by atoms with van der Waals surface area (Å²) < 4.78 is 9.49. The van der Waals surface area contributed by atoms with Crippen LogP contribution in [0.4, 0.5) is 17.1 Å². The lowest BCUT2D eigenvalue weighted by molar-refractivity contribution is 0.660. The highest BCUT2D eigenvalue weighted by Gasteiger charge is 2.36. The Morgan fingerprint density at radius 1 is 0.406 bits per heavy atom. The van der Waals surface area contributed by atoms with Gasteiger partial charge in [0.25, 0.3) is 0 Å². The van der Waals surface area contributed by atoms with Gasteiger partial charge in [0, 0.05) is 61.3 Å². The van der Waals surface area contributed by atoms with Crippen LogP contribution in [0.25, 0.3) is 93.6 Å². The van der Waals surface area contributed by atoms with Crippen LogP contribution in [0, 0.1) is 0 Å². The Labute approximate surface area is 371 Å². The molecule has 13 rings (SSSR count). The Morgan fingerprint density at radius 3 is 1.75 bits per heavy atom. The number of anilines is 3. The fourth-order valence-electron chi connectivity index (χ4n) is 10.7. The van der Waals surface area contributed by atoms with E-state index >= 15 is 0 Å². The average Bonchev–Trinajstić information content (AvgIpc) is 3.96. The summed E-state index contributed by atoms with van der Waals surface area (Å²) in [5.41, 5.74) is 18.3. The van der Waals surface area contributed by atoms with E-state index in [1.54, 1.807) is 0 Å². The second-order valence-corrected chi connectivity index (χ2v) is 17.7. The molecule has 1 aliphatic carbocycles. The maximum atomic E-state index is 7.12. The van der Waals surface area contributed by atoms with E-state index in [0.29, 0.717) is 0 Å². The van der Waals surface area contributed by atoms with Crippen LogP contribution < -0.4 is 4.90 Å². The lowest BCUT2D eigenvalue weighted by atomic mass is 9.82. The van der Waals surface area contributed by atoms with Crippen LogP contribution in [0.5, 0.6) is 0 Å². The predicted octanol–water partition coefficient (Wildman–Crippen LogP) is 16.9. The van der Waals surface area contributed by atoms with Crippen LogP contribution in [0.3, 0.4) is 0 Å². The Morgan fingerprint density at radius 2 is 0.984 bits per heavy atom. The van der Waals surface area contributed by atoms with E-state index in [1.165, 1.54) is 66.0 Å². The first-order valence-corrected chi connectivity index (χ1v) is 22.2. The second-order valence-electron chi connectivity index (χ2n) is 17.7. The molecule has 0 amide bonds. The van der Waals surface area contributed by atoms with Gasteiger partial charge in [0.2, 0.25) is 0 Å². The summed E-state index contributed by atoms with van der Waals surface area (Å²) in [5, 5.41) is 7.07. The Kier molecular flexibility index (Phi) is 7.95. The van der Waals surface area contributed by atoms with Crippen molar-refractivity contribution in [2.24, 2.45) is 0 Å². The van der Waals surface area contributed by atoms with Crippen LogP contribution in [0.2, 0.25) is 0 Å². The van der Waals surface area contributed by atoms with Gasteiger partial charge in [0.05, 0.1) is 11.0 Å². The zero-order valence-corrected chi connectivity index (χ0v) is 35.6. The normalized spacial score (nSPS) is 13.0. The molecule has 12 aromatic rings. The van der Waals surface area contributed by atoms with Gasteiger partial charge in [-0.15, -0.1) is 0 Å². The summed E-state index contributed by atoms with van der Waals surface area (Å²) >= 11 is 0. The van der Waals surface area contributed by atoms with Crippen molar-refractivity contribution in [1.29, 1.82) is 0 Å². The number of hydrogen-bond acceptors (Lipinski definition) is 2. The zero-order valence-electron chi connectivity index (χ0n) is 35.6. The van der Waals surface area contributed by atoms with Crippen LogP contribution in [-0.2, 0) is 5.41 Å². The average molecular weight is 819 g/mol. The molecule has 0 N–H and O–H groups in total. The molecule has 3 heteroatoms. The summed E-state index contributed by atoms with van der Waals surface area (Å²) in [6.45, 7) is 4.70. The fraction of sp³-hybridized carbons (Fsp3) is 0.0492. The molecular formula is C61H42N2O. The van der Waals surface area contributed by atoms with Crippen LogP contribution in [-0.4, -0.2) is 4.57 Å². The maximum Gasteiger partial charge on any atom is 0.143 e. The summed E-state index contributed by atoms with van der Waals surface area (Å²) in [5.74, 6) is 0. The van der Waals surface area contributed by atoms with E-state index < -0.39 is 0 Å². The van der Waals surface area contributed by atoms with Gasteiger partial charge in [-0.25, -0.2) is 0 Å². The van der Waals surface area contributed by atoms with Gasteiger partial charge in [-0.1, -0.05) is 159 Å². The third-order valence-corrected chi connectivity index (χ3v) is 13.8. The summed E-state index contributed by atoms with van der Waals surface area (Å²) in [7, 11) is 0. The van der Waals surface area contributed by atoms with Crippen molar-refractivity contribution in [1.82, 2.24) is 4.57 Å². The highest BCUT2D eigenvalue weighted by molar-refractivity contribution is 6.19. The van der Waals surface area contributed by atoms with E-state index in [0.717, 1.165) is 55.8 Å². The Balaban J connectivity index is 0.969. The van der Waals surface area contributed by atoms with E-state index in [4.69, 9.17) is 4.42 Å². The lowest BCUT2D eigenvalue weighted by Crippen LogP contribution is -2.16. The van der Waals surface area contributed by atoms with Crippen molar-refractivity contribution in [3.8, 4) is 39.1 Å². The molecule has 302 valence electrons. The van der Waals surface area contributed by atoms with E-state index in [2.05, 4.69) is 242 Å². The third kappa shape index (κ3) is 5.47. The number of furan rings is 1. The Hall–Kier alpha value is -8.14. The number of benzene rings is 10. The topological polar surface area (TPSA) is 21.3 Å². The lowest BCUT2D eigenvalue weighted by Gasteiger charge is -2.28. The third-order valence-electron chi connectivity index (χ3n) is 13.8. The van der Waals surface area contributed by atoms with E-state index in [9.17, 15) is 0 Å². The number of nitrogens with zero attached hydrogens (tertiary/aromatic N) is 2. The van der Waals surface area contributed by atoms with Crippen LogP contribution >= 0.6 is 0 Å². The molecule has 0 fully saturated rings. The molecule has 0 radical (unpaired) electrons. The summed E-state index contributed by atoms with van der Waals surface area (Å²) in [6, 6.07) is 79.5. The maximum absolute atomic E-state index is 7.12. The van der Waals surface area contributed by atoms with Crippen LogP contribution in [0.1, 0.15) is 25.0 Å². The largest absolute Gasteiger partial charge is 0.455 e. The number of aromatic nitrogens is 1. The van der Waals surface area contributed by atoms with Crippen molar-refractivity contribution in [2.75, 3.05) is 4.90 Å². The van der Waals surface area contributed by atoms with Gasteiger partial charge in [0.1, 0.15) is 11.2 Å². The first kappa shape index (κ1) is 36.5. The van der Waals surface area contributed by atoms with E-state index in [-0.39, 0.29) is 5.41 Å². The van der Waals surface area contributed by atoms with E-state index in [1.807, 2.05) is 0 Å². The second kappa shape index (κ2) is 13.9. The molecule has 64 heavy (non-hydrogen) atoms. The fourth-order valence-corrected chi connectivity index (χ4v) is 10.7. The number of hydrogen-bond donors (Lipinski definition) is 0. The number of para-hydroxylation sites is 2. The standard InChI is InChI=1S/C61H42N2O/c1-61(2)54-21-11-8-18-48(54)49-34-32-45(37-55(49)61)62(43-28-24-40(25-29-43)39-14-4-3-5-15-39)46-33-35-52-53-36-42-16-6-7-17-47(42)59(60(53)64-58(52)38-46)41-26-30-44(31-27-41)63-56-22-12-9-19-50(56)51-20-10-13-23-57(51)63/h3-38H,1-2H3. The zero-order chi connectivity index (χ0) is 42.5. The first-order valence-electron chi connectivity index (χ1n) is 22.2. The molecule has 3 nitrogen and oxygen atoms in total. The molecule has 0 unspecified atom stereocenters. The van der Waals surface area contributed by atoms with Gasteiger partial charge < -0.3 is 13.9 Å². The van der Waals surface area contributed by atoms with Crippen molar-refractivity contribution < 1.29 is 4.42 Å². The molecule has 0 bridgehead atoms. The van der Waals surface area contributed by atoms with Crippen LogP contribution in [0.15, 0.2) is 223 Å². The molecule has 0 saturated carbocycles. The molecule has 0 aliphatic heterocycles. The SMILES string of the molecule is CC1(C)c2ccccc2-c2ccc(N(c3ccc(-c4ccccc4)cc3)c3ccc4c(c3)oc3c(-c5ccc(-n6c7ccccc7c7ccccc76)cc5)c5ccccc5cc34)cc21. The molecule has 0 saturated heterocycles. The van der Waals surface area contributed by atoms with Gasteiger partial charge >= 0.3 is 0 Å². The summed E-state index contributed by atoms with van der Waals surface area (Å²) in [4.78, 5) is 2.38. The monoisotopic (exact) mass is 818 g/mol. The number of rotatable bonds is 6.